The van der Waals surface area contributed by atoms with Crippen LogP contribution in [0.1, 0.15) is 55.4 Å². The van der Waals surface area contributed by atoms with Gasteiger partial charge in [-0.05, 0) is 135 Å². The number of fused-ring (bicyclic) bond motifs is 5. The third kappa shape index (κ3) is 4.89. The van der Waals surface area contributed by atoms with Crippen molar-refractivity contribution in [1.82, 2.24) is 0 Å². The quantitative estimate of drug-likeness (QED) is 0.103. The van der Waals surface area contributed by atoms with Crippen LogP contribution in [0.4, 0.5) is 0 Å². The molecule has 1 aliphatic carbocycles. The Morgan fingerprint density at radius 2 is 0.764 bits per heavy atom. The fourth-order valence-corrected chi connectivity index (χ4v) is 9.91. The highest BCUT2D eigenvalue weighted by atomic mass is 16.7. The van der Waals surface area contributed by atoms with E-state index in [-0.39, 0.29) is 17.9 Å². The average Bonchev–Trinajstić information content (AvgIpc) is 3.36. The Hall–Kier alpha value is -4.67. The minimum atomic E-state index is -0.493. The van der Waals surface area contributed by atoms with Gasteiger partial charge in [0.05, 0.1) is 16.8 Å². The summed E-state index contributed by atoms with van der Waals surface area (Å²) < 4.78 is 20.8. The van der Waals surface area contributed by atoms with Crippen LogP contribution >= 0.6 is 0 Å². The lowest BCUT2D eigenvalue weighted by Gasteiger charge is -2.58. The van der Waals surface area contributed by atoms with Crippen molar-refractivity contribution in [3.8, 4) is 22.3 Å². The van der Waals surface area contributed by atoms with Gasteiger partial charge in [-0.2, -0.15) is 0 Å². The van der Waals surface area contributed by atoms with Gasteiger partial charge >= 0.3 is 14.0 Å². The van der Waals surface area contributed by atoms with E-state index in [4.69, 9.17) is 14.0 Å². The fourth-order valence-electron chi connectivity index (χ4n) is 9.91. The van der Waals surface area contributed by atoms with E-state index in [9.17, 15) is 0 Å². The van der Waals surface area contributed by atoms with Gasteiger partial charge in [-0.15, -0.1) is 0 Å². The Morgan fingerprint density at radius 3 is 1.15 bits per heavy atom. The third-order valence-electron chi connectivity index (χ3n) is 14.3. The molecule has 0 spiro atoms. The van der Waals surface area contributed by atoms with E-state index in [1.807, 2.05) is 0 Å². The maximum absolute atomic E-state index is 7.27. The molecule has 3 aliphatic rings. The standard InChI is InChI=1S/C50H48B2O3/c1-47(2)41-29-30-42(41)51(53-48(47,3)4)45-37-25-15-11-21-33(37)43(34-22-12-16-26-38(34)45)31-19-9-10-20-32(31)44-35-23-13-17-27-39(35)46(40-28-18-14-24-36(40)44)52-54-49(5,6)50(7,8)55-52/h9-30,41-42H,1-8H3. The van der Waals surface area contributed by atoms with Crippen LogP contribution in [0.3, 0.4) is 0 Å². The summed E-state index contributed by atoms with van der Waals surface area (Å²) in [4.78, 5) is 0. The smallest absolute Gasteiger partial charge is 0.425 e. The van der Waals surface area contributed by atoms with Crippen LogP contribution in [0.25, 0.3) is 65.3 Å². The lowest BCUT2D eigenvalue weighted by Crippen LogP contribution is -2.62. The zero-order valence-corrected chi connectivity index (χ0v) is 33.2. The normalized spacial score (nSPS) is 22.0. The lowest BCUT2D eigenvalue weighted by molar-refractivity contribution is -0.0652. The van der Waals surface area contributed by atoms with Gasteiger partial charge in [0.15, 0.2) is 0 Å². The molecule has 10 rings (SSSR count). The fraction of sp³-hybridized carbons (Fsp3) is 0.280. The molecule has 0 aromatic heterocycles. The van der Waals surface area contributed by atoms with E-state index >= 15 is 0 Å². The van der Waals surface area contributed by atoms with Crippen LogP contribution in [0, 0.1) is 11.3 Å². The van der Waals surface area contributed by atoms with Crippen molar-refractivity contribution in [2.24, 2.45) is 11.3 Å². The van der Waals surface area contributed by atoms with Crippen molar-refractivity contribution < 1.29 is 14.0 Å². The molecule has 2 saturated heterocycles. The van der Waals surface area contributed by atoms with Crippen LogP contribution in [-0.4, -0.2) is 30.8 Å². The second kappa shape index (κ2) is 11.9. The Morgan fingerprint density at radius 1 is 0.400 bits per heavy atom. The second-order valence-corrected chi connectivity index (χ2v) is 18.2. The van der Waals surface area contributed by atoms with Crippen molar-refractivity contribution in [3.05, 3.63) is 133 Å². The lowest BCUT2D eigenvalue weighted by atomic mass is 9.36. The predicted octanol–water partition coefficient (Wildman–Crippen LogP) is 11.5. The Balaban J connectivity index is 1.25. The molecular formula is C50H48B2O3. The van der Waals surface area contributed by atoms with Gasteiger partial charge in [-0.1, -0.05) is 147 Å². The van der Waals surface area contributed by atoms with Crippen LogP contribution in [0.15, 0.2) is 133 Å². The number of hydrogen-bond donors (Lipinski definition) is 0. The van der Waals surface area contributed by atoms with Gasteiger partial charge in [0.25, 0.3) is 0 Å². The second-order valence-electron chi connectivity index (χ2n) is 18.2. The average molecular weight is 719 g/mol. The van der Waals surface area contributed by atoms with Crippen LogP contribution in [0.2, 0.25) is 5.82 Å². The summed E-state index contributed by atoms with van der Waals surface area (Å²) in [5.41, 5.74) is 6.11. The molecule has 2 aliphatic heterocycles. The Labute approximate surface area is 325 Å². The van der Waals surface area contributed by atoms with E-state index in [2.05, 4.69) is 189 Å². The number of allylic oxidation sites excluding steroid dienone is 2. The summed E-state index contributed by atoms with van der Waals surface area (Å²) in [7, 11) is -0.493. The Kier molecular flexibility index (Phi) is 7.54. The Bertz CT molecular complexity index is 2610. The molecule has 5 heteroatoms. The molecule has 0 amide bonds. The van der Waals surface area contributed by atoms with E-state index < -0.39 is 18.3 Å². The molecule has 0 bridgehead atoms. The number of rotatable bonds is 4. The van der Waals surface area contributed by atoms with Gasteiger partial charge in [-0.25, -0.2) is 0 Å². The van der Waals surface area contributed by atoms with E-state index in [1.54, 1.807) is 0 Å². The first-order valence-electron chi connectivity index (χ1n) is 20.0. The minimum Gasteiger partial charge on any atom is -0.425 e. The van der Waals surface area contributed by atoms with Crippen LogP contribution in [0.5, 0.6) is 0 Å². The van der Waals surface area contributed by atoms with Gasteiger partial charge < -0.3 is 14.0 Å². The molecule has 2 atom stereocenters. The molecule has 0 saturated carbocycles. The largest absolute Gasteiger partial charge is 0.496 e. The summed E-state index contributed by atoms with van der Waals surface area (Å²) in [5.74, 6) is 0.786. The highest BCUT2D eigenvalue weighted by molar-refractivity contribution is 6.75. The summed E-state index contributed by atoms with van der Waals surface area (Å²) >= 11 is 0. The van der Waals surface area contributed by atoms with Crippen molar-refractivity contribution in [3.63, 3.8) is 0 Å². The predicted molar refractivity (Wildman–Crippen MR) is 234 cm³/mol. The maximum Gasteiger partial charge on any atom is 0.496 e. The first-order chi connectivity index (χ1) is 26.3. The van der Waals surface area contributed by atoms with E-state index in [1.165, 1.54) is 60.0 Å². The molecule has 0 N–H and O–H groups in total. The molecule has 7 aromatic carbocycles. The number of hydrogen-bond acceptors (Lipinski definition) is 3. The first kappa shape index (κ1) is 34.8. The minimum absolute atomic E-state index is 0.0247. The molecule has 3 nitrogen and oxygen atoms in total. The third-order valence-corrected chi connectivity index (χ3v) is 14.3. The van der Waals surface area contributed by atoms with E-state index in [0.29, 0.717) is 11.7 Å². The van der Waals surface area contributed by atoms with Gasteiger partial charge in [-0.3, -0.25) is 0 Å². The van der Waals surface area contributed by atoms with Gasteiger partial charge in [0.2, 0.25) is 0 Å². The molecule has 55 heavy (non-hydrogen) atoms. The zero-order valence-electron chi connectivity index (χ0n) is 33.2. The first-order valence-corrected chi connectivity index (χ1v) is 20.0. The maximum atomic E-state index is 7.27. The molecular weight excluding hydrogens is 670 g/mol. The summed E-state index contributed by atoms with van der Waals surface area (Å²) in [6.07, 6.45) is 4.81. The molecule has 0 radical (unpaired) electrons. The summed E-state index contributed by atoms with van der Waals surface area (Å²) in [6.45, 7) is 17.8. The topological polar surface area (TPSA) is 27.7 Å². The SMILES string of the molecule is CC1(C)OB(c2c3ccccc3c(-c3ccccc3-c3c4ccccc4c(B4OC(C)(C)C(C)(C)C5C=CC45)c4ccccc34)c3ccccc23)OC1(C)C. The van der Waals surface area contributed by atoms with Crippen molar-refractivity contribution in [1.29, 1.82) is 0 Å². The monoisotopic (exact) mass is 718 g/mol. The molecule has 2 heterocycles. The highest BCUT2D eigenvalue weighted by Gasteiger charge is 2.58. The molecule has 2 fully saturated rings. The molecule has 2 unspecified atom stereocenters. The van der Waals surface area contributed by atoms with Crippen LogP contribution < -0.4 is 10.9 Å². The molecule has 272 valence electrons. The molecule has 7 aromatic rings. The summed E-state index contributed by atoms with van der Waals surface area (Å²) in [6, 6.07) is 44.7. The highest BCUT2D eigenvalue weighted by Crippen LogP contribution is 2.57. The zero-order chi connectivity index (χ0) is 38.1. The van der Waals surface area contributed by atoms with E-state index in [0.717, 1.165) is 16.2 Å². The number of benzene rings is 7. The van der Waals surface area contributed by atoms with Crippen molar-refractivity contribution in [2.75, 3.05) is 0 Å². The van der Waals surface area contributed by atoms with Crippen molar-refractivity contribution in [2.45, 2.75) is 78.0 Å². The van der Waals surface area contributed by atoms with Crippen LogP contribution in [-0.2, 0) is 14.0 Å². The van der Waals surface area contributed by atoms with Gasteiger partial charge in [0, 0.05) is 0 Å². The summed E-state index contributed by atoms with van der Waals surface area (Å²) in [5, 5.41) is 9.69. The van der Waals surface area contributed by atoms with Gasteiger partial charge in [0.1, 0.15) is 0 Å². The van der Waals surface area contributed by atoms with Crippen molar-refractivity contribution >= 4 is 68.0 Å².